The van der Waals surface area contributed by atoms with E-state index in [9.17, 15) is 0 Å². The van der Waals surface area contributed by atoms with Crippen molar-refractivity contribution < 1.29 is 0 Å². The molecule has 5 rings (SSSR count). The fourth-order valence-corrected chi connectivity index (χ4v) is 8.21. The lowest BCUT2D eigenvalue weighted by molar-refractivity contribution is -0.0958. The Balaban J connectivity index is 1.30. The quantitative estimate of drug-likeness (QED) is 0.446. The first-order valence-electron chi connectivity index (χ1n) is 12.7. The van der Waals surface area contributed by atoms with E-state index in [4.69, 9.17) is 0 Å². The third kappa shape index (κ3) is 3.65. The first-order chi connectivity index (χ1) is 12.7. The summed E-state index contributed by atoms with van der Waals surface area (Å²) in [6.45, 7) is 4.77. The van der Waals surface area contributed by atoms with Crippen molar-refractivity contribution in [3.63, 3.8) is 0 Å². The van der Waals surface area contributed by atoms with Gasteiger partial charge in [-0.2, -0.15) is 0 Å². The van der Waals surface area contributed by atoms with Gasteiger partial charge in [0.1, 0.15) is 0 Å². The Labute approximate surface area is 164 Å². The van der Waals surface area contributed by atoms with E-state index in [1.807, 2.05) is 0 Å². The van der Waals surface area contributed by atoms with E-state index in [0.29, 0.717) is 0 Å². The summed E-state index contributed by atoms with van der Waals surface area (Å²) in [5, 5.41) is 0. The minimum Gasteiger partial charge on any atom is -0.0654 e. The van der Waals surface area contributed by atoms with Crippen molar-refractivity contribution in [3.8, 4) is 0 Å². The lowest BCUT2D eigenvalue weighted by Crippen LogP contribution is -2.49. The van der Waals surface area contributed by atoms with Gasteiger partial charge < -0.3 is 0 Å². The molecule has 0 aliphatic heterocycles. The number of unbranched alkanes of at least 4 members (excludes halogenated alkanes) is 1. The third-order valence-corrected chi connectivity index (χ3v) is 10.3. The molecule has 0 N–H and O–H groups in total. The van der Waals surface area contributed by atoms with Crippen LogP contribution in [0.5, 0.6) is 0 Å². The minimum atomic E-state index is 0.804. The van der Waals surface area contributed by atoms with Crippen LogP contribution < -0.4 is 0 Å². The van der Waals surface area contributed by atoms with Gasteiger partial charge in [-0.15, -0.1) is 0 Å². The van der Waals surface area contributed by atoms with Crippen LogP contribution in [-0.4, -0.2) is 0 Å². The molecule has 0 saturated heterocycles. The van der Waals surface area contributed by atoms with Crippen molar-refractivity contribution in [3.05, 3.63) is 0 Å². The molecular formula is C26H46. The van der Waals surface area contributed by atoms with E-state index >= 15 is 0 Å². The molecule has 0 aromatic heterocycles. The second-order valence-electron chi connectivity index (χ2n) is 11.2. The van der Waals surface area contributed by atoms with Crippen LogP contribution in [0.3, 0.4) is 0 Å². The Hall–Kier alpha value is 0. The molecule has 0 atom stereocenters. The molecule has 150 valence electrons. The summed E-state index contributed by atoms with van der Waals surface area (Å²) >= 11 is 0. The molecule has 0 aromatic rings. The fourth-order valence-electron chi connectivity index (χ4n) is 8.21. The fraction of sp³-hybridized carbons (Fsp3) is 1.00. The van der Waals surface area contributed by atoms with Gasteiger partial charge in [-0.3, -0.25) is 0 Å². The highest BCUT2D eigenvalue weighted by Gasteiger charge is 2.54. The van der Waals surface area contributed by atoms with Crippen LogP contribution in [0.1, 0.15) is 129 Å². The van der Waals surface area contributed by atoms with E-state index < -0.39 is 0 Å². The molecule has 5 saturated carbocycles. The van der Waals surface area contributed by atoms with E-state index in [-0.39, 0.29) is 0 Å². The highest BCUT2D eigenvalue weighted by molar-refractivity contribution is 5.05. The maximum Gasteiger partial charge on any atom is -0.0269 e. The van der Waals surface area contributed by atoms with Crippen molar-refractivity contribution in [1.82, 2.24) is 0 Å². The van der Waals surface area contributed by atoms with E-state index in [0.717, 1.165) is 34.5 Å². The Morgan fingerprint density at radius 1 is 0.577 bits per heavy atom. The zero-order valence-electron chi connectivity index (χ0n) is 18.0. The number of fused-ring (bicyclic) bond motifs is 3. The largest absolute Gasteiger partial charge is 0.0654 e. The normalized spacial score (nSPS) is 46.4. The topological polar surface area (TPSA) is 0 Å². The Morgan fingerprint density at radius 3 is 1.38 bits per heavy atom. The molecular weight excluding hydrogens is 312 g/mol. The van der Waals surface area contributed by atoms with Crippen LogP contribution in [0.4, 0.5) is 0 Å². The summed E-state index contributed by atoms with van der Waals surface area (Å²) in [6.07, 6.45) is 28.1. The zero-order valence-corrected chi connectivity index (χ0v) is 18.0. The predicted molar refractivity (Wildman–Crippen MR) is 113 cm³/mol. The van der Waals surface area contributed by atoms with Gasteiger partial charge in [-0.1, -0.05) is 65.2 Å². The summed E-state index contributed by atoms with van der Waals surface area (Å²) < 4.78 is 0. The van der Waals surface area contributed by atoms with Crippen LogP contribution in [0, 0.1) is 34.5 Å². The lowest BCUT2D eigenvalue weighted by atomic mass is 9.45. The highest BCUT2D eigenvalue weighted by atomic mass is 14.6. The molecule has 0 radical (unpaired) electrons. The monoisotopic (exact) mass is 358 g/mol. The Kier molecular flexibility index (Phi) is 6.07. The Morgan fingerprint density at radius 2 is 1.00 bits per heavy atom. The van der Waals surface area contributed by atoms with E-state index in [1.165, 1.54) is 25.7 Å². The first kappa shape index (κ1) is 19.3. The second-order valence-corrected chi connectivity index (χ2v) is 11.2. The molecule has 0 heterocycles. The van der Waals surface area contributed by atoms with E-state index in [2.05, 4.69) is 13.8 Å². The molecule has 0 unspecified atom stereocenters. The minimum absolute atomic E-state index is 0.804. The van der Waals surface area contributed by atoms with Gasteiger partial charge in [-0.05, 0) is 98.7 Å². The number of hydrogen-bond acceptors (Lipinski definition) is 0. The van der Waals surface area contributed by atoms with Crippen LogP contribution in [0.25, 0.3) is 0 Å². The number of hydrogen-bond donors (Lipinski definition) is 0. The molecule has 5 aliphatic carbocycles. The van der Waals surface area contributed by atoms with E-state index in [1.54, 1.807) is 89.9 Å². The lowest BCUT2D eigenvalue weighted by Gasteiger charge is -2.60. The average molecular weight is 359 g/mol. The maximum atomic E-state index is 2.41. The van der Waals surface area contributed by atoms with Crippen molar-refractivity contribution in [2.75, 3.05) is 0 Å². The van der Waals surface area contributed by atoms with Crippen LogP contribution in [0.2, 0.25) is 0 Å². The summed E-state index contributed by atoms with van der Waals surface area (Å²) in [7, 11) is 0. The van der Waals surface area contributed by atoms with Gasteiger partial charge >= 0.3 is 0 Å². The molecule has 0 heteroatoms. The van der Waals surface area contributed by atoms with Crippen molar-refractivity contribution in [1.29, 1.82) is 0 Å². The van der Waals surface area contributed by atoms with Gasteiger partial charge in [0.15, 0.2) is 0 Å². The Bertz CT molecular complexity index is 408. The van der Waals surface area contributed by atoms with Gasteiger partial charge in [0, 0.05) is 0 Å². The molecule has 5 fully saturated rings. The molecule has 0 nitrogen and oxygen atoms in total. The van der Waals surface area contributed by atoms with Crippen LogP contribution in [0.15, 0.2) is 0 Å². The van der Waals surface area contributed by atoms with Gasteiger partial charge in [0.25, 0.3) is 0 Å². The summed E-state index contributed by atoms with van der Waals surface area (Å²) in [4.78, 5) is 0. The summed E-state index contributed by atoms with van der Waals surface area (Å²) in [5.74, 6) is 4.36. The predicted octanol–water partition coefficient (Wildman–Crippen LogP) is 8.54. The first-order valence-corrected chi connectivity index (χ1v) is 12.7. The molecule has 26 heavy (non-hydrogen) atoms. The second kappa shape index (κ2) is 8.16. The smallest absolute Gasteiger partial charge is 0.0269 e. The van der Waals surface area contributed by atoms with Crippen molar-refractivity contribution in [2.45, 2.75) is 129 Å². The highest BCUT2D eigenvalue weighted by Crippen LogP contribution is 2.66. The standard InChI is InChI=1S/C26H46/c1-3-5-6-22-9-13-24(14-10-22)26-18-15-25(16-19-26,17-20-26)23-11-7-21(4-2)8-12-23/h21-24H,3-20H2,1-2H3/t21-,22?,23-,24?,25?,26?. The summed E-state index contributed by atoms with van der Waals surface area (Å²) in [5.41, 5.74) is 1.61. The molecule has 2 bridgehead atoms. The van der Waals surface area contributed by atoms with Crippen molar-refractivity contribution >= 4 is 0 Å². The zero-order chi connectivity index (χ0) is 18.0. The molecule has 0 spiro atoms. The van der Waals surface area contributed by atoms with Gasteiger partial charge in [0.05, 0.1) is 0 Å². The number of rotatable bonds is 6. The maximum absolute atomic E-state index is 2.41. The molecule has 0 amide bonds. The van der Waals surface area contributed by atoms with Crippen molar-refractivity contribution in [2.24, 2.45) is 34.5 Å². The summed E-state index contributed by atoms with van der Waals surface area (Å²) in [6, 6.07) is 0. The van der Waals surface area contributed by atoms with Gasteiger partial charge in [0.2, 0.25) is 0 Å². The van der Waals surface area contributed by atoms with Crippen LogP contribution >= 0.6 is 0 Å². The SMILES string of the molecule is CCCCC1CCC(C23CCC([C@H]4CC[C@H](CC)CC4)(CC2)CC3)CC1. The third-order valence-electron chi connectivity index (χ3n) is 10.3. The van der Waals surface area contributed by atoms with Crippen LogP contribution in [-0.2, 0) is 0 Å². The molecule has 5 aliphatic rings. The average Bonchev–Trinajstić information content (AvgIpc) is 2.74. The van der Waals surface area contributed by atoms with Gasteiger partial charge in [-0.25, -0.2) is 0 Å². The molecule has 0 aromatic carbocycles.